The molecule has 0 radical (unpaired) electrons. The van der Waals surface area contributed by atoms with Crippen molar-refractivity contribution in [1.29, 1.82) is 5.26 Å². The van der Waals surface area contributed by atoms with Crippen molar-refractivity contribution in [2.75, 3.05) is 5.32 Å². The lowest BCUT2D eigenvalue weighted by Gasteiger charge is -2.08. The Morgan fingerprint density at radius 3 is 2.42 bits per heavy atom. The van der Waals surface area contributed by atoms with Crippen molar-refractivity contribution in [2.45, 2.75) is 26.7 Å². The Morgan fingerprint density at radius 1 is 1.21 bits per heavy atom. The van der Waals surface area contributed by atoms with Crippen LogP contribution in [0.1, 0.15) is 36.5 Å². The lowest BCUT2D eigenvalue weighted by molar-refractivity contribution is -0.112. The van der Waals surface area contributed by atoms with E-state index in [1.54, 1.807) is 6.08 Å². The Kier molecular flexibility index (Phi) is 6.16. The summed E-state index contributed by atoms with van der Waals surface area (Å²) in [7, 11) is 0. The first-order valence-corrected chi connectivity index (χ1v) is 8.78. The molecule has 2 aromatic rings. The molecule has 0 aliphatic rings. The number of rotatable bonds is 4. The highest BCUT2D eigenvalue weighted by Gasteiger charge is 2.11. The van der Waals surface area contributed by atoms with Crippen LogP contribution in [-0.2, 0) is 4.79 Å². The highest BCUT2D eigenvalue weighted by atomic mass is 127. The van der Waals surface area contributed by atoms with E-state index in [0.29, 0.717) is 5.92 Å². The fourth-order valence-corrected chi connectivity index (χ4v) is 2.90. The second-order valence-corrected chi connectivity index (χ2v) is 7.15. The van der Waals surface area contributed by atoms with Crippen LogP contribution in [0, 0.1) is 21.8 Å². The van der Waals surface area contributed by atoms with Gasteiger partial charge >= 0.3 is 0 Å². The van der Waals surface area contributed by atoms with Gasteiger partial charge in [-0.3, -0.25) is 4.79 Å². The number of aryl methyl sites for hydroxylation is 1. The third-order valence-electron chi connectivity index (χ3n) is 3.72. The molecular weight excluding hydrogens is 411 g/mol. The number of carbonyl (C=O) groups is 1. The smallest absolute Gasteiger partial charge is 0.266 e. The number of anilines is 1. The lowest BCUT2D eigenvalue weighted by Crippen LogP contribution is -2.14. The summed E-state index contributed by atoms with van der Waals surface area (Å²) in [4.78, 5) is 12.4. The minimum atomic E-state index is -0.394. The number of halogens is 1. The quantitative estimate of drug-likeness (QED) is 0.408. The first-order valence-electron chi connectivity index (χ1n) is 7.70. The van der Waals surface area contributed by atoms with Crippen LogP contribution in [0.5, 0.6) is 0 Å². The Labute approximate surface area is 156 Å². The fraction of sp³-hybridized carbons (Fsp3) is 0.200. The molecule has 2 rings (SSSR count). The molecule has 4 heteroatoms. The van der Waals surface area contributed by atoms with E-state index < -0.39 is 5.91 Å². The molecule has 1 amide bonds. The summed E-state index contributed by atoms with van der Waals surface area (Å²) in [5, 5.41) is 12.1. The molecule has 0 bridgehead atoms. The van der Waals surface area contributed by atoms with Crippen LogP contribution < -0.4 is 5.32 Å². The minimum Gasteiger partial charge on any atom is -0.321 e. The molecule has 0 aromatic heterocycles. The number of nitriles is 1. The monoisotopic (exact) mass is 430 g/mol. The zero-order chi connectivity index (χ0) is 17.7. The zero-order valence-electron chi connectivity index (χ0n) is 13.9. The van der Waals surface area contributed by atoms with Gasteiger partial charge in [-0.15, -0.1) is 0 Å². The van der Waals surface area contributed by atoms with Crippen molar-refractivity contribution in [3.05, 3.63) is 68.3 Å². The molecule has 0 aliphatic carbocycles. The topological polar surface area (TPSA) is 52.9 Å². The molecule has 2 aromatic carbocycles. The van der Waals surface area contributed by atoms with E-state index >= 15 is 0 Å². The number of nitrogens with one attached hydrogen (secondary N) is 1. The minimum absolute atomic E-state index is 0.0882. The number of nitrogens with zero attached hydrogens (tertiary/aromatic N) is 1. The zero-order valence-corrected chi connectivity index (χ0v) is 16.1. The number of carbonyl (C=O) groups excluding carboxylic acids is 1. The second kappa shape index (κ2) is 8.11. The molecule has 122 valence electrons. The van der Waals surface area contributed by atoms with Gasteiger partial charge in [-0.05, 0) is 76.4 Å². The molecule has 0 heterocycles. The highest BCUT2D eigenvalue weighted by Crippen LogP contribution is 2.19. The SMILES string of the molecule is Cc1cc(I)ccc1NC(=O)/C(C#N)=C\c1ccc(C(C)C)cc1. The molecule has 3 nitrogen and oxygen atoms in total. The summed E-state index contributed by atoms with van der Waals surface area (Å²) >= 11 is 2.22. The molecule has 0 saturated carbocycles. The average molecular weight is 430 g/mol. The molecule has 0 spiro atoms. The molecule has 1 N–H and O–H groups in total. The summed E-state index contributed by atoms with van der Waals surface area (Å²) in [5.41, 5.74) is 3.84. The number of benzene rings is 2. The van der Waals surface area contributed by atoms with Gasteiger partial charge in [-0.25, -0.2) is 0 Å². The largest absolute Gasteiger partial charge is 0.321 e. The predicted molar refractivity (Wildman–Crippen MR) is 107 cm³/mol. The third kappa shape index (κ3) is 4.68. The van der Waals surface area contributed by atoms with E-state index in [2.05, 4.69) is 41.8 Å². The molecule has 0 unspecified atom stereocenters. The standard InChI is InChI=1S/C20H19IN2O/c1-13(2)16-6-4-15(5-7-16)11-17(12-22)20(24)23-19-9-8-18(21)10-14(19)3/h4-11,13H,1-3H3,(H,23,24)/b17-11-. The van der Waals surface area contributed by atoms with Crippen molar-refractivity contribution in [2.24, 2.45) is 0 Å². The van der Waals surface area contributed by atoms with Crippen molar-refractivity contribution in [1.82, 2.24) is 0 Å². The van der Waals surface area contributed by atoms with Crippen LogP contribution in [0.2, 0.25) is 0 Å². The van der Waals surface area contributed by atoms with Crippen molar-refractivity contribution < 1.29 is 4.79 Å². The number of hydrogen-bond donors (Lipinski definition) is 1. The summed E-state index contributed by atoms with van der Waals surface area (Å²) in [6, 6.07) is 15.6. The number of amides is 1. The highest BCUT2D eigenvalue weighted by molar-refractivity contribution is 14.1. The first-order chi connectivity index (χ1) is 11.4. The molecular formula is C20H19IN2O. The third-order valence-corrected chi connectivity index (χ3v) is 4.39. The van der Waals surface area contributed by atoms with Crippen molar-refractivity contribution in [3.63, 3.8) is 0 Å². The van der Waals surface area contributed by atoms with Crippen LogP contribution >= 0.6 is 22.6 Å². The fourth-order valence-electron chi connectivity index (χ4n) is 2.25. The maximum Gasteiger partial charge on any atom is 0.266 e. The van der Waals surface area contributed by atoms with Gasteiger partial charge in [0.2, 0.25) is 0 Å². The molecule has 0 fully saturated rings. The molecule has 0 aliphatic heterocycles. The van der Waals surface area contributed by atoms with E-state index in [4.69, 9.17) is 0 Å². The van der Waals surface area contributed by atoms with Gasteiger partial charge in [0.1, 0.15) is 11.6 Å². The van der Waals surface area contributed by atoms with E-state index in [1.807, 2.05) is 55.5 Å². The van der Waals surface area contributed by atoms with Gasteiger partial charge in [0.05, 0.1) is 0 Å². The predicted octanol–water partition coefficient (Wildman–Crippen LogP) is 5.27. The Hall–Kier alpha value is -2.13. The van der Waals surface area contributed by atoms with E-state index in [0.717, 1.165) is 20.4 Å². The van der Waals surface area contributed by atoms with Crippen molar-refractivity contribution in [3.8, 4) is 6.07 Å². The second-order valence-electron chi connectivity index (χ2n) is 5.90. The summed E-state index contributed by atoms with van der Waals surface area (Å²) in [6.45, 7) is 6.18. The van der Waals surface area contributed by atoms with Crippen molar-refractivity contribution >= 4 is 40.3 Å². The van der Waals surface area contributed by atoms with Gasteiger partial charge < -0.3 is 5.32 Å². The van der Waals surface area contributed by atoms with E-state index in [1.165, 1.54) is 5.56 Å². The number of hydrogen-bond acceptors (Lipinski definition) is 2. The first kappa shape index (κ1) is 18.2. The van der Waals surface area contributed by atoms with E-state index in [-0.39, 0.29) is 5.57 Å². The maximum atomic E-state index is 12.4. The van der Waals surface area contributed by atoms with Gasteiger partial charge in [0, 0.05) is 9.26 Å². The average Bonchev–Trinajstić information content (AvgIpc) is 2.55. The van der Waals surface area contributed by atoms with Crippen LogP contribution in [0.3, 0.4) is 0 Å². The Balaban J connectivity index is 2.20. The summed E-state index contributed by atoms with van der Waals surface area (Å²) in [6.07, 6.45) is 1.61. The molecule has 24 heavy (non-hydrogen) atoms. The van der Waals surface area contributed by atoms with Crippen LogP contribution in [-0.4, -0.2) is 5.91 Å². The van der Waals surface area contributed by atoms with Gasteiger partial charge in [-0.1, -0.05) is 38.1 Å². The normalized spacial score (nSPS) is 11.2. The van der Waals surface area contributed by atoms with Gasteiger partial charge in [0.15, 0.2) is 0 Å². The summed E-state index contributed by atoms with van der Waals surface area (Å²) < 4.78 is 1.10. The van der Waals surface area contributed by atoms with Crippen LogP contribution in [0.15, 0.2) is 48.0 Å². The van der Waals surface area contributed by atoms with Gasteiger partial charge in [-0.2, -0.15) is 5.26 Å². The van der Waals surface area contributed by atoms with Crippen LogP contribution in [0.4, 0.5) is 5.69 Å². The van der Waals surface area contributed by atoms with Gasteiger partial charge in [0.25, 0.3) is 5.91 Å². The summed E-state index contributed by atoms with van der Waals surface area (Å²) in [5.74, 6) is 0.0559. The van der Waals surface area contributed by atoms with E-state index in [9.17, 15) is 10.1 Å². The Bertz CT molecular complexity index is 815. The Morgan fingerprint density at radius 2 is 1.88 bits per heavy atom. The lowest BCUT2D eigenvalue weighted by atomic mass is 10.0. The van der Waals surface area contributed by atoms with Crippen LogP contribution in [0.25, 0.3) is 6.08 Å². The molecule has 0 atom stereocenters. The maximum absolute atomic E-state index is 12.4. The molecule has 0 saturated heterocycles.